The van der Waals surface area contributed by atoms with Gasteiger partial charge in [-0.3, -0.25) is 14.4 Å². The molecule has 0 spiro atoms. The molecule has 0 saturated heterocycles. The Labute approximate surface area is 258 Å². The third-order valence-corrected chi connectivity index (χ3v) is 6.66. The van der Waals surface area contributed by atoms with Crippen LogP contribution >= 0.6 is 0 Å². The Hall–Kier alpha value is -4.74. The predicted molar refractivity (Wildman–Crippen MR) is 164 cm³/mol. The van der Waals surface area contributed by atoms with Gasteiger partial charge in [-0.1, -0.05) is 23.4 Å². The van der Waals surface area contributed by atoms with Crippen molar-refractivity contribution in [3.8, 4) is 23.0 Å². The van der Waals surface area contributed by atoms with Crippen molar-refractivity contribution in [2.75, 3.05) is 40.3 Å². The molecule has 0 unspecified atom stereocenters. The lowest BCUT2D eigenvalue weighted by Gasteiger charge is -2.34. The molecule has 0 aliphatic heterocycles. The van der Waals surface area contributed by atoms with Crippen LogP contribution in [0.2, 0.25) is 0 Å². The molecule has 2 N–H and O–H groups in total. The third kappa shape index (κ3) is 8.88. The Bertz CT molecular complexity index is 1450. The molecule has 0 saturated carbocycles. The molecule has 2 aromatic carbocycles. The lowest BCUT2D eigenvalue weighted by Crippen LogP contribution is -2.50. The average Bonchev–Trinajstić information content (AvgIpc) is 3.40. The van der Waals surface area contributed by atoms with Gasteiger partial charge in [0.05, 0.1) is 28.4 Å². The Morgan fingerprint density at radius 2 is 1.61 bits per heavy atom. The minimum atomic E-state index is -1.10. The van der Waals surface area contributed by atoms with E-state index < -0.39 is 29.3 Å². The summed E-state index contributed by atoms with van der Waals surface area (Å²) in [6.07, 6.45) is 0.0721. The van der Waals surface area contributed by atoms with Crippen molar-refractivity contribution in [2.45, 2.75) is 58.5 Å². The average molecular weight is 611 g/mol. The van der Waals surface area contributed by atoms with Crippen LogP contribution in [-0.2, 0) is 20.8 Å². The van der Waals surface area contributed by atoms with E-state index in [1.54, 1.807) is 51.5 Å². The fraction of sp³-hybridized carbons (Fsp3) is 0.438. The maximum atomic E-state index is 14.0. The van der Waals surface area contributed by atoms with E-state index in [1.165, 1.54) is 19.1 Å². The van der Waals surface area contributed by atoms with Gasteiger partial charge < -0.3 is 39.0 Å². The van der Waals surface area contributed by atoms with Crippen LogP contribution in [0.1, 0.15) is 56.5 Å². The molecule has 238 valence electrons. The van der Waals surface area contributed by atoms with E-state index in [2.05, 4.69) is 15.8 Å². The topological polar surface area (TPSA) is 141 Å². The molecule has 1 aromatic heterocycles. The SMILES string of the molecule is COc1ccc(CCN(C(=O)CCC(=O)Nc2cc(C)on2)[C@H](C(=O)NC(C)(C)C)c2cccc(OC)c2OC)cc1OC. The van der Waals surface area contributed by atoms with E-state index in [4.69, 9.17) is 23.5 Å². The van der Waals surface area contributed by atoms with Crippen LogP contribution in [0, 0.1) is 6.92 Å². The molecule has 0 radical (unpaired) electrons. The van der Waals surface area contributed by atoms with Crippen molar-refractivity contribution >= 4 is 23.5 Å². The fourth-order valence-electron chi connectivity index (χ4n) is 4.69. The number of hydrogen-bond acceptors (Lipinski definition) is 9. The number of hydrogen-bond donors (Lipinski definition) is 2. The molecule has 1 atom stereocenters. The van der Waals surface area contributed by atoms with Crippen LogP contribution in [0.4, 0.5) is 5.82 Å². The summed E-state index contributed by atoms with van der Waals surface area (Å²) in [6.45, 7) is 7.42. The molecule has 3 rings (SSSR count). The first-order valence-corrected chi connectivity index (χ1v) is 14.2. The summed E-state index contributed by atoms with van der Waals surface area (Å²) in [5, 5.41) is 9.41. The number of anilines is 1. The van der Waals surface area contributed by atoms with E-state index in [9.17, 15) is 14.4 Å². The molecule has 0 bridgehead atoms. The highest BCUT2D eigenvalue weighted by molar-refractivity contribution is 5.94. The van der Waals surface area contributed by atoms with Crippen molar-refractivity contribution < 1.29 is 37.9 Å². The monoisotopic (exact) mass is 610 g/mol. The van der Waals surface area contributed by atoms with E-state index in [0.717, 1.165) is 5.56 Å². The first kappa shape index (κ1) is 33.8. The van der Waals surface area contributed by atoms with Gasteiger partial charge in [0, 0.05) is 36.6 Å². The molecule has 12 nitrogen and oxygen atoms in total. The summed E-state index contributed by atoms with van der Waals surface area (Å²) in [4.78, 5) is 42.2. The lowest BCUT2D eigenvalue weighted by molar-refractivity contribution is -0.142. The second-order valence-corrected chi connectivity index (χ2v) is 11.1. The highest BCUT2D eigenvalue weighted by atomic mass is 16.5. The van der Waals surface area contributed by atoms with Gasteiger partial charge in [-0.2, -0.15) is 0 Å². The van der Waals surface area contributed by atoms with E-state index in [-0.39, 0.29) is 25.2 Å². The highest BCUT2D eigenvalue weighted by Crippen LogP contribution is 2.38. The Balaban J connectivity index is 2.01. The molecule has 44 heavy (non-hydrogen) atoms. The van der Waals surface area contributed by atoms with E-state index in [1.807, 2.05) is 32.9 Å². The number of ether oxygens (including phenoxy) is 4. The molecule has 0 aliphatic carbocycles. The smallest absolute Gasteiger partial charge is 0.247 e. The van der Waals surface area contributed by atoms with Crippen LogP contribution in [-0.4, -0.2) is 68.3 Å². The number of aryl methyl sites for hydroxylation is 1. The Morgan fingerprint density at radius 3 is 2.20 bits per heavy atom. The lowest BCUT2D eigenvalue weighted by atomic mass is 9.98. The van der Waals surface area contributed by atoms with Crippen molar-refractivity contribution in [3.63, 3.8) is 0 Å². The van der Waals surface area contributed by atoms with Crippen molar-refractivity contribution in [1.82, 2.24) is 15.4 Å². The van der Waals surface area contributed by atoms with Crippen LogP contribution in [0.3, 0.4) is 0 Å². The van der Waals surface area contributed by atoms with Gasteiger partial charge in [-0.25, -0.2) is 0 Å². The van der Waals surface area contributed by atoms with Gasteiger partial charge in [-0.15, -0.1) is 0 Å². The zero-order chi connectivity index (χ0) is 32.4. The van der Waals surface area contributed by atoms with E-state index in [0.29, 0.717) is 40.7 Å². The number of benzene rings is 2. The van der Waals surface area contributed by atoms with Gasteiger partial charge in [0.25, 0.3) is 0 Å². The number of carbonyl (C=O) groups excluding carboxylic acids is 3. The minimum Gasteiger partial charge on any atom is -0.493 e. The number of nitrogens with one attached hydrogen (secondary N) is 2. The normalized spacial score (nSPS) is 11.7. The standard InChI is InChI=1S/C32H42N4O8/c1-20-18-26(35-44-20)33-27(37)14-15-28(38)36(17-16-21-12-13-23(40-5)25(19-21)42-7)29(31(39)34-32(2,3)4)22-10-9-11-24(41-6)30(22)43-8/h9-13,18-19,29H,14-17H2,1-8H3,(H,34,39)(H,33,35,37)/t29-/m0/s1. The molecular weight excluding hydrogens is 568 g/mol. The summed E-state index contributed by atoms with van der Waals surface area (Å²) in [6, 6.07) is 11.1. The second kappa shape index (κ2) is 15.1. The van der Waals surface area contributed by atoms with Gasteiger partial charge in [-0.05, 0) is 57.9 Å². The van der Waals surface area contributed by atoms with Crippen molar-refractivity contribution in [3.05, 3.63) is 59.4 Å². The summed E-state index contributed by atoms with van der Waals surface area (Å²) >= 11 is 0. The molecular formula is C32H42N4O8. The number of methoxy groups -OCH3 is 4. The van der Waals surface area contributed by atoms with Crippen molar-refractivity contribution in [1.29, 1.82) is 0 Å². The van der Waals surface area contributed by atoms with Crippen LogP contribution in [0.5, 0.6) is 23.0 Å². The van der Waals surface area contributed by atoms with Crippen LogP contribution in [0.25, 0.3) is 0 Å². The van der Waals surface area contributed by atoms with Crippen LogP contribution in [0.15, 0.2) is 47.0 Å². The molecule has 3 aromatic rings. The Kier molecular flexibility index (Phi) is 11.6. The Morgan fingerprint density at radius 1 is 0.909 bits per heavy atom. The number of nitrogens with zero attached hydrogens (tertiary/aromatic N) is 2. The minimum absolute atomic E-state index is 0.138. The second-order valence-electron chi connectivity index (χ2n) is 11.1. The summed E-state index contributed by atoms with van der Waals surface area (Å²) in [7, 11) is 6.08. The highest BCUT2D eigenvalue weighted by Gasteiger charge is 2.36. The molecule has 12 heteroatoms. The van der Waals surface area contributed by atoms with E-state index >= 15 is 0 Å². The number of amides is 3. The molecule has 1 heterocycles. The summed E-state index contributed by atoms with van der Waals surface area (Å²) in [5.74, 6) is 1.41. The zero-order valence-corrected chi connectivity index (χ0v) is 26.6. The molecule has 0 fully saturated rings. The predicted octanol–water partition coefficient (Wildman–Crippen LogP) is 4.46. The van der Waals surface area contributed by atoms with Gasteiger partial charge in [0.2, 0.25) is 17.7 Å². The first-order chi connectivity index (χ1) is 20.9. The number of rotatable bonds is 14. The molecule has 3 amide bonds. The largest absolute Gasteiger partial charge is 0.493 e. The number of para-hydroxylation sites is 1. The quantitative estimate of drug-likeness (QED) is 0.271. The van der Waals surface area contributed by atoms with Gasteiger partial charge in [0.1, 0.15) is 11.8 Å². The maximum Gasteiger partial charge on any atom is 0.247 e. The van der Waals surface area contributed by atoms with Crippen molar-refractivity contribution in [2.24, 2.45) is 0 Å². The van der Waals surface area contributed by atoms with Gasteiger partial charge in [0.15, 0.2) is 28.8 Å². The van der Waals surface area contributed by atoms with Gasteiger partial charge >= 0.3 is 0 Å². The number of carbonyl (C=O) groups is 3. The number of aromatic nitrogens is 1. The third-order valence-electron chi connectivity index (χ3n) is 6.66. The first-order valence-electron chi connectivity index (χ1n) is 14.2. The zero-order valence-electron chi connectivity index (χ0n) is 26.6. The van der Waals surface area contributed by atoms with Crippen LogP contribution < -0.4 is 29.6 Å². The summed E-state index contributed by atoms with van der Waals surface area (Å²) < 4.78 is 27.0. The maximum absolute atomic E-state index is 14.0. The molecule has 0 aliphatic rings. The fourth-order valence-corrected chi connectivity index (χ4v) is 4.69. The summed E-state index contributed by atoms with van der Waals surface area (Å²) in [5.41, 5.74) is 0.693.